The lowest BCUT2D eigenvalue weighted by Crippen LogP contribution is -2.11. The number of nitrogens with zero attached hydrogens (tertiary/aromatic N) is 2. The zero-order valence-electron chi connectivity index (χ0n) is 25.8. The number of hydrogen-bond donors (Lipinski definition) is 0. The normalized spacial score (nSPS) is 11.2. The van der Waals surface area contributed by atoms with Gasteiger partial charge in [0.25, 0.3) is 0 Å². The molecule has 2 heteroatoms. The molecule has 0 saturated heterocycles. The van der Waals surface area contributed by atoms with Crippen molar-refractivity contribution in [3.05, 3.63) is 181 Å². The van der Waals surface area contributed by atoms with E-state index in [2.05, 4.69) is 192 Å². The van der Waals surface area contributed by atoms with E-state index in [1.54, 1.807) is 0 Å². The summed E-state index contributed by atoms with van der Waals surface area (Å²) in [4.78, 5) is 2.37. The third-order valence-corrected chi connectivity index (χ3v) is 8.98. The maximum atomic E-state index is 2.42. The summed E-state index contributed by atoms with van der Waals surface area (Å²) in [5.74, 6) is 0. The first-order valence-electron chi connectivity index (χ1n) is 16.0. The Balaban J connectivity index is 1.34. The summed E-state index contributed by atoms with van der Waals surface area (Å²) in [7, 11) is 0. The number of aryl methyl sites for hydroxylation is 1. The highest BCUT2D eigenvalue weighted by Gasteiger charge is 2.19. The monoisotopic (exact) mass is 590 g/mol. The minimum atomic E-state index is 1.01. The fourth-order valence-corrected chi connectivity index (χ4v) is 6.65. The van der Waals surface area contributed by atoms with Gasteiger partial charge in [-0.05, 0) is 83.3 Å². The second-order valence-corrected chi connectivity index (χ2v) is 11.7. The van der Waals surface area contributed by atoms with E-state index in [9.17, 15) is 0 Å². The van der Waals surface area contributed by atoms with E-state index in [1.807, 2.05) is 0 Å². The molecular formula is C44H34N2. The average molecular weight is 591 g/mol. The summed E-state index contributed by atoms with van der Waals surface area (Å²) in [6.07, 6.45) is 1.01. The number of fused-ring (bicyclic) bond motifs is 3. The van der Waals surface area contributed by atoms with E-state index in [0.717, 1.165) is 29.2 Å². The predicted molar refractivity (Wildman–Crippen MR) is 196 cm³/mol. The fraction of sp³-hybridized carbons (Fsp3) is 0.0455. The van der Waals surface area contributed by atoms with E-state index in [0.29, 0.717) is 0 Å². The molecule has 0 aliphatic carbocycles. The van der Waals surface area contributed by atoms with Crippen molar-refractivity contribution >= 4 is 38.9 Å². The van der Waals surface area contributed by atoms with Gasteiger partial charge in [0.15, 0.2) is 0 Å². The van der Waals surface area contributed by atoms with Crippen LogP contribution < -0.4 is 4.90 Å². The van der Waals surface area contributed by atoms with Crippen LogP contribution in [0.25, 0.3) is 49.7 Å². The molecule has 8 aromatic rings. The lowest BCUT2D eigenvalue weighted by Gasteiger charge is -2.27. The standard InChI is InChI=1S/C44H34N2/c1-2-32-21-25-36(26-22-32)45(37-27-23-34(24-28-37)33-13-5-3-6-14-33)38-29-30-44(41(31-38)35-15-7-4-8-16-35)46-42-19-11-9-17-39(42)40-18-10-12-20-43(40)46/h3-31H,2H2,1H3. The molecule has 0 aliphatic rings. The summed E-state index contributed by atoms with van der Waals surface area (Å²) in [5, 5.41) is 2.52. The minimum Gasteiger partial charge on any atom is -0.310 e. The van der Waals surface area contributed by atoms with Crippen LogP contribution in [0.1, 0.15) is 12.5 Å². The lowest BCUT2D eigenvalue weighted by molar-refractivity contribution is 1.13. The number of para-hydroxylation sites is 2. The molecule has 1 aromatic heterocycles. The Kier molecular flexibility index (Phi) is 7.16. The Hall–Kier alpha value is -5.86. The largest absolute Gasteiger partial charge is 0.310 e. The smallest absolute Gasteiger partial charge is 0.0542 e. The van der Waals surface area contributed by atoms with Crippen molar-refractivity contribution in [2.24, 2.45) is 0 Å². The van der Waals surface area contributed by atoms with Gasteiger partial charge in [0, 0.05) is 33.4 Å². The molecule has 0 aliphatic heterocycles. The number of hydrogen-bond acceptors (Lipinski definition) is 1. The van der Waals surface area contributed by atoms with Crippen LogP contribution in [0.2, 0.25) is 0 Å². The molecule has 0 fully saturated rings. The molecule has 0 saturated carbocycles. The van der Waals surface area contributed by atoms with Gasteiger partial charge in [0.2, 0.25) is 0 Å². The Morgan fingerprint density at radius 1 is 0.435 bits per heavy atom. The zero-order chi connectivity index (χ0) is 30.9. The second kappa shape index (κ2) is 11.9. The SMILES string of the molecule is CCc1ccc(N(c2ccc(-c3ccccc3)cc2)c2ccc(-n3c4ccccc4c4ccccc43)c(-c3ccccc3)c2)cc1. The van der Waals surface area contributed by atoms with Crippen LogP contribution >= 0.6 is 0 Å². The predicted octanol–water partition coefficient (Wildman–Crippen LogP) is 12.1. The Morgan fingerprint density at radius 3 is 1.50 bits per heavy atom. The molecule has 0 amide bonds. The average Bonchev–Trinajstić information content (AvgIpc) is 3.47. The van der Waals surface area contributed by atoms with Gasteiger partial charge in [-0.2, -0.15) is 0 Å². The summed E-state index contributed by atoms with van der Waals surface area (Å²) in [5.41, 5.74) is 13.0. The molecule has 0 radical (unpaired) electrons. The third-order valence-electron chi connectivity index (χ3n) is 8.98. The Bertz CT molecular complexity index is 2210. The van der Waals surface area contributed by atoms with Crippen LogP contribution in [0.3, 0.4) is 0 Å². The highest BCUT2D eigenvalue weighted by molar-refractivity contribution is 6.09. The quantitative estimate of drug-likeness (QED) is 0.179. The van der Waals surface area contributed by atoms with Gasteiger partial charge in [-0.1, -0.05) is 128 Å². The highest BCUT2D eigenvalue weighted by Crippen LogP contribution is 2.41. The molecule has 0 atom stereocenters. The van der Waals surface area contributed by atoms with Crippen molar-refractivity contribution in [2.75, 3.05) is 4.90 Å². The van der Waals surface area contributed by atoms with E-state index in [-0.39, 0.29) is 0 Å². The third kappa shape index (κ3) is 4.95. The van der Waals surface area contributed by atoms with Gasteiger partial charge in [-0.25, -0.2) is 0 Å². The molecule has 8 rings (SSSR count). The van der Waals surface area contributed by atoms with Crippen LogP contribution in [-0.4, -0.2) is 4.57 Å². The van der Waals surface area contributed by atoms with Crippen molar-refractivity contribution in [3.63, 3.8) is 0 Å². The van der Waals surface area contributed by atoms with E-state index in [1.165, 1.54) is 49.6 Å². The number of aromatic nitrogens is 1. The lowest BCUT2D eigenvalue weighted by atomic mass is 10.0. The van der Waals surface area contributed by atoms with Crippen LogP contribution in [0.4, 0.5) is 17.1 Å². The van der Waals surface area contributed by atoms with Crippen molar-refractivity contribution in [3.8, 4) is 27.9 Å². The minimum absolute atomic E-state index is 1.01. The van der Waals surface area contributed by atoms with Crippen molar-refractivity contribution in [2.45, 2.75) is 13.3 Å². The van der Waals surface area contributed by atoms with Crippen LogP contribution in [0.5, 0.6) is 0 Å². The van der Waals surface area contributed by atoms with E-state index < -0.39 is 0 Å². The van der Waals surface area contributed by atoms with Crippen LogP contribution in [0.15, 0.2) is 176 Å². The number of benzene rings is 7. The van der Waals surface area contributed by atoms with Crippen molar-refractivity contribution in [1.29, 1.82) is 0 Å². The molecule has 0 bridgehead atoms. The van der Waals surface area contributed by atoms with Gasteiger partial charge >= 0.3 is 0 Å². The van der Waals surface area contributed by atoms with E-state index in [4.69, 9.17) is 0 Å². The molecule has 1 heterocycles. The molecule has 0 unspecified atom stereocenters. The summed E-state index contributed by atoms with van der Waals surface area (Å²) < 4.78 is 2.42. The van der Waals surface area contributed by atoms with E-state index >= 15 is 0 Å². The highest BCUT2D eigenvalue weighted by atomic mass is 15.1. The Morgan fingerprint density at radius 2 is 0.913 bits per heavy atom. The zero-order valence-corrected chi connectivity index (χ0v) is 25.8. The summed E-state index contributed by atoms with van der Waals surface area (Å²) >= 11 is 0. The maximum absolute atomic E-state index is 2.42. The van der Waals surface area contributed by atoms with Crippen LogP contribution in [0, 0.1) is 0 Å². The van der Waals surface area contributed by atoms with Crippen LogP contribution in [-0.2, 0) is 6.42 Å². The van der Waals surface area contributed by atoms with Gasteiger partial charge in [0.1, 0.15) is 0 Å². The second-order valence-electron chi connectivity index (χ2n) is 11.7. The topological polar surface area (TPSA) is 8.17 Å². The first-order valence-corrected chi connectivity index (χ1v) is 16.0. The molecule has 7 aromatic carbocycles. The Labute approximate surface area is 270 Å². The van der Waals surface area contributed by atoms with Crippen molar-refractivity contribution < 1.29 is 0 Å². The van der Waals surface area contributed by atoms with Gasteiger partial charge in [0.05, 0.1) is 16.7 Å². The maximum Gasteiger partial charge on any atom is 0.0542 e. The number of anilines is 3. The molecule has 46 heavy (non-hydrogen) atoms. The first-order chi connectivity index (χ1) is 22.8. The number of rotatable bonds is 7. The molecule has 0 N–H and O–H groups in total. The summed E-state index contributed by atoms with van der Waals surface area (Å²) in [6.45, 7) is 2.20. The fourth-order valence-electron chi connectivity index (χ4n) is 6.65. The molecular weight excluding hydrogens is 556 g/mol. The van der Waals surface area contributed by atoms with Gasteiger partial charge < -0.3 is 9.47 Å². The molecule has 2 nitrogen and oxygen atoms in total. The van der Waals surface area contributed by atoms with Gasteiger partial charge in [-0.15, -0.1) is 0 Å². The molecule has 220 valence electrons. The molecule has 0 spiro atoms. The van der Waals surface area contributed by atoms with Gasteiger partial charge in [-0.3, -0.25) is 0 Å². The van der Waals surface area contributed by atoms with Crippen molar-refractivity contribution in [1.82, 2.24) is 4.57 Å². The first kappa shape index (κ1) is 27.7. The summed E-state index contributed by atoms with van der Waals surface area (Å²) in [6, 6.07) is 63.6.